The summed E-state index contributed by atoms with van der Waals surface area (Å²) in [5, 5.41) is 14.4. The highest BCUT2D eigenvalue weighted by Gasteiger charge is 2.34. The summed E-state index contributed by atoms with van der Waals surface area (Å²) >= 11 is 6.16. The van der Waals surface area contributed by atoms with E-state index < -0.39 is 11.6 Å². The highest BCUT2D eigenvalue weighted by Crippen LogP contribution is 2.32. The number of nitrogens with one attached hydrogen (secondary N) is 1. The minimum atomic E-state index is -0.566. The Morgan fingerprint density at radius 3 is 2.57 bits per heavy atom. The van der Waals surface area contributed by atoms with Crippen LogP contribution >= 0.6 is 11.6 Å². The minimum Gasteiger partial charge on any atom is -0.468 e. The molecule has 0 aliphatic rings. The van der Waals surface area contributed by atoms with Crippen molar-refractivity contribution < 1.29 is 4.42 Å². The molecule has 1 unspecified atom stereocenters. The fraction of sp³-hybridized carbons (Fsp3) is 0.286. The van der Waals surface area contributed by atoms with Crippen LogP contribution in [0.5, 0.6) is 0 Å². The van der Waals surface area contributed by atoms with Crippen LogP contribution in [0.2, 0.25) is 5.02 Å². The Hall–Kier alpha value is -3.75. The highest BCUT2D eigenvalue weighted by atomic mass is 35.5. The van der Waals surface area contributed by atoms with Gasteiger partial charge in [-0.2, -0.15) is 0 Å². The number of halogens is 1. The maximum absolute atomic E-state index is 13.7. The maximum Gasteiger partial charge on any atom is 0.253 e. The van der Waals surface area contributed by atoms with Crippen molar-refractivity contribution in [3.8, 4) is 0 Å². The Bertz CT molecular complexity index is 1570. The van der Waals surface area contributed by atoms with Gasteiger partial charge in [0.05, 0.1) is 23.9 Å². The van der Waals surface area contributed by atoms with E-state index in [2.05, 4.69) is 25.4 Å². The van der Waals surface area contributed by atoms with E-state index in [-0.39, 0.29) is 5.56 Å². The van der Waals surface area contributed by atoms with Gasteiger partial charge in [-0.05, 0) is 85.0 Å². The molecule has 0 aliphatic heterocycles. The second-order valence-corrected chi connectivity index (χ2v) is 10.7. The summed E-state index contributed by atoms with van der Waals surface area (Å²) in [6.45, 7) is 9.03. The minimum absolute atomic E-state index is 0.184. The predicted octanol–water partition coefficient (Wildman–Crippen LogP) is 5.62. The van der Waals surface area contributed by atoms with Crippen LogP contribution in [0.15, 0.2) is 76.1 Å². The second kappa shape index (κ2) is 9.95. The van der Waals surface area contributed by atoms with Crippen molar-refractivity contribution in [1.29, 1.82) is 0 Å². The largest absolute Gasteiger partial charge is 0.468 e. The summed E-state index contributed by atoms with van der Waals surface area (Å²) in [6, 6.07) is 18.8. The summed E-state index contributed by atoms with van der Waals surface area (Å²) in [7, 11) is 0. The van der Waals surface area contributed by atoms with Crippen LogP contribution < -0.4 is 5.56 Å². The molecule has 0 bridgehead atoms. The Balaban J connectivity index is 1.73. The van der Waals surface area contributed by atoms with E-state index >= 15 is 0 Å². The number of benzene rings is 2. The second-order valence-electron chi connectivity index (χ2n) is 10.2. The van der Waals surface area contributed by atoms with Gasteiger partial charge in [-0.3, -0.25) is 9.69 Å². The van der Waals surface area contributed by atoms with Crippen LogP contribution in [0.25, 0.3) is 10.9 Å². The topological polar surface area (TPSA) is 92.8 Å². The Morgan fingerprint density at radius 2 is 1.86 bits per heavy atom. The van der Waals surface area contributed by atoms with Crippen LogP contribution in [-0.4, -0.2) is 30.1 Å². The number of aromatic amines is 1. The van der Waals surface area contributed by atoms with Gasteiger partial charge in [0.25, 0.3) is 5.56 Å². The van der Waals surface area contributed by atoms with Gasteiger partial charge in [0, 0.05) is 17.1 Å². The van der Waals surface area contributed by atoms with Crippen molar-refractivity contribution in [3.63, 3.8) is 0 Å². The van der Waals surface area contributed by atoms with Gasteiger partial charge in [-0.25, -0.2) is 4.68 Å². The number of aromatic nitrogens is 5. The number of aryl methyl sites for hydroxylation is 1. The third-order valence-corrected chi connectivity index (χ3v) is 6.64. The van der Waals surface area contributed by atoms with Crippen LogP contribution in [0, 0.1) is 6.92 Å². The standard InChI is InChI=1S/C28H29ClN6O2/c1-18-7-5-8-20-15-23(27(36)30-24(18)20)25(26-31-32-33-35(26)28(2,3)4)34(17-22-9-6-14-37-22)16-19-10-12-21(29)13-11-19/h5-15,25H,16-17H2,1-4H3,(H,30,36). The molecule has 1 atom stereocenters. The number of para-hydroxylation sites is 1. The van der Waals surface area contributed by atoms with E-state index in [4.69, 9.17) is 16.0 Å². The molecule has 0 saturated carbocycles. The quantitative estimate of drug-likeness (QED) is 0.302. The molecule has 0 saturated heterocycles. The van der Waals surface area contributed by atoms with E-state index in [9.17, 15) is 4.79 Å². The molecule has 0 spiro atoms. The van der Waals surface area contributed by atoms with E-state index in [1.165, 1.54) is 0 Å². The first-order valence-electron chi connectivity index (χ1n) is 12.1. The average Bonchev–Trinajstić information content (AvgIpc) is 3.54. The SMILES string of the molecule is Cc1cccc2cc(C(c3nnnn3C(C)(C)C)N(Cc3ccc(Cl)cc3)Cc3ccco3)c(=O)[nH]c12. The van der Waals surface area contributed by atoms with Gasteiger partial charge >= 0.3 is 0 Å². The number of H-pyrrole nitrogens is 1. The molecule has 5 rings (SSSR count). The molecule has 3 heterocycles. The zero-order chi connectivity index (χ0) is 26.2. The van der Waals surface area contributed by atoms with Crippen molar-refractivity contribution in [1.82, 2.24) is 30.1 Å². The number of hydrogen-bond donors (Lipinski definition) is 1. The van der Waals surface area contributed by atoms with Crippen molar-refractivity contribution >= 4 is 22.5 Å². The smallest absolute Gasteiger partial charge is 0.253 e. The number of fused-ring (bicyclic) bond motifs is 1. The molecule has 190 valence electrons. The molecule has 2 aromatic carbocycles. The van der Waals surface area contributed by atoms with E-state index in [1.807, 2.05) is 88.4 Å². The average molecular weight is 517 g/mol. The number of furan rings is 1. The fourth-order valence-electron chi connectivity index (χ4n) is 4.61. The van der Waals surface area contributed by atoms with Gasteiger partial charge in [-0.1, -0.05) is 41.9 Å². The molecule has 0 amide bonds. The number of hydrogen-bond acceptors (Lipinski definition) is 6. The first-order valence-corrected chi connectivity index (χ1v) is 12.5. The summed E-state index contributed by atoms with van der Waals surface area (Å²) < 4.78 is 7.52. The Morgan fingerprint density at radius 1 is 1.08 bits per heavy atom. The highest BCUT2D eigenvalue weighted by molar-refractivity contribution is 6.30. The lowest BCUT2D eigenvalue weighted by molar-refractivity contribution is 0.171. The zero-order valence-electron chi connectivity index (χ0n) is 21.3. The van der Waals surface area contributed by atoms with Gasteiger partial charge in [-0.15, -0.1) is 5.10 Å². The first-order chi connectivity index (χ1) is 17.7. The van der Waals surface area contributed by atoms with Crippen molar-refractivity contribution in [2.45, 2.75) is 52.4 Å². The third kappa shape index (κ3) is 5.21. The van der Waals surface area contributed by atoms with Gasteiger partial charge in [0.1, 0.15) is 11.8 Å². The molecule has 9 heteroatoms. The van der Waals surface area contributed by atoms with Crippen molar-refractivity contribution in [3.05, 3.63) is 111 Å². The summed E-state index contributed by atoms with van der Waals surface area (Å²) in [4.78, 5) is 19.0. The molecular weight excluding hydrogens is 488 g/mol. The molecule has 0 radical (unpaired) electrons. The molecule has 5 aromatic rings. The monoisotopic (exact) mass is 516 g/mol. The zero-order valence-corrected chi connectivity index (χ0v) is 22.0. The Labute approximate surface area is 219 Å². The lowest BCUT2D eigenvalue weighted by Gasteiger charge is -2.32. The number of tetrazole rings is 1. The summed E-state index contributed by atoms with van der Waals surface area (Å²) in [5.74, 6) is 1.34. The maximum atomic E-state index is 13.7. The lowest BCUT2D eigenvalue weighted by atomic mass is 10.00. The fourth-order valence-corrected chi connectivity index (χ4v) is 4.74. The molecule has 37 heavy (non-hydrogen) atoms. The lowest BCUT2D eigenvalue weighted by Crippen LogP contribution is -2.37. The van der Waals surface area contributed by atoms with E-state index in [0.717, 1.165) is 27.8 Å². The van der Waals surface area contributed by atoms with Gasteiger partial charge in [0.15, 0.2) is 5.82 Å². The van der Waals surface area contributed by atoms with Crippen LogP contribution in [0.1, 0.15) is 55.1 Å². The summed E-state index contributed by atoms with van der Waals surface area (Å²) in [5.41, 5.74) is 2.82. The first kappa shape index (κ1) is 24.9. The summed E-state index contributed by atoms with van der Waals surface area (Å²) in [6.07, 6.45) is 1.65. The van der Waals surface area contributed by atoms with Crippen LogP contribution in [0.3, 0.4) is 0 Å². The number of pyridine rings is 1. The van der Waals surface area contributed by atoms with Crippen LogP contribution in [-0.2, 0) is 18.6 Å². The molecule has 1 N–H and O–H groups in total. The van der Waals surface area contributed by atoms with Gasteiger partial charge < -0.3 is 9.40 Å². The molecule has 0 aliphatic carbocycles. The molecule has 0 fully saturated rings. The van der Waals surface area contributed by atoms with E-state index in [0.29, 0.717) is 29.5 Å². The third-order valence-electron chi connectivity index (χ3n) is 6.39. The number of rotatable bonds is 7. The van der Waals surface area contributed by atoms with E-state index in [1.54, 1.807) is 10.9 Å². The van der Waals surface area contributed by atoms with Gasteiger partial charge in [0.2, 0.25) is 0 Å². The molecule has 8 nitrogen and oxygen atoms in total. The van der Waals surface area contributed by atoms with Crippen molar-refractivity contribution in [2.75, 3.05) is 0 Å². The molecule has 3 aromatic heterocycles. The number of nitrogens with zero attached hydrogens (tertiary/aromatic N) is 5. The normalized spacial score (nSPS) is 12.9. The predicted molar refractivity (Wildman–Crippen MR) is 143 cm³/mol. The Kier molecular flexibility index (Phi) is 6.70. The van der Waals surface area contributed by atoms with Crippen LogP contribution in [0.4, 0.5) is 0 Å². The molecular formula is C28H29ClN6O2. The van der Waals surface area contributed by atoms with Crippen molar-refractivity contribution in [2.24, 2.45) is 0 Å².